The fourth-order valence-electron chi connectivity index (χ4n) is 2.58. The number of fused-ring (bicyclic) bond motifs is 1. The lowest BCUT2D eigenvalue weighted by atomic mass is 10.2. The molecule has 0 saturated carbocycles. The molecule has 6 heteroatoms. The van der Waals surface area contributed by atoms with Crippen LogP contribution in [0.15, 0.2) is 24.3 Å². The number of carboxylic acid groups (broad SMARTS) is 1. The molecule has 0 bridgehead atoms. The summed E-state index contributed by atoms with van der Waals surface area (Å²) in [4.78, 5) is 13.4. The first kappa shape index (κ1) is 13.0. The van der Waals surface area contributed by atoms with Gasteiger partial charge in [-0.3, -0.25) is 0 Å². The Bertz CT molecular complexity index is 664. The molecule has 1 aliphatic heterocycles. The van der Waals surface area contributed by atoms with Crippen LogP contribution in [-0.2, 0) is 13.1 Å². The summed E-state index contributed by atoms with van der Waals surface area (Å²) >= 11 is 5.87. The predicted molar refractivity (Wildman–Crippen MR) is 76.4 cm³/mol. The second-order valence-corrected chi connectivity index (χ2v) is 5.30. The van der Waals surface area contributed by atoms with E-state index >= 15 is 0 Å². The van der Waals surface area contributed by atoms with Crippen molar-refractivity contribution in [1.29, 1.82) is 0 Å². The number of carboxylic acids is 1. The largest absolute Gasteiger partial charge is 0.477 e. The minimum atomic E-state index is -0.924. The summed E-state index contributed by atoms with van der Waals surface area (Å²) in [6.07, 6.45) is 0. The lowest BCUT2D eigenvalue weighted by Crippen LogP contribution is -2.21. The molecule has 0 unspecified atom stereocenters. The molecule has 0 amide bonds. The van der Waals surface area contributed by atoms with Crippen LogP contribution in [0.4, 0.5) is 5.82 Å². The summed E-state index contributed by atoms with van der Waals surface area (Å²) in [5.41, 5.74) is 1.96. The fraction of sp³-hybridized carbons (Fsp3) is 0.286. The minimum Gasteiger partial charge on any atom is -0.477 e. The summed E-state index contributed by atoms with van der Waals surface area (Å²) in [6.45, 7) is 3.88. The van der Waals surface area contributed by atoms with Crippen molar-refractivity contribution >= 4 is 23.4 Å². The lowest BCUT2D eigenvalue weighted by molar-refractivity contribution is 0.0697. The van der Waals surface area contributed by atoms with Crippen molar-refractivity contribution in [2.24, 2.45) is 0 Å². The molecule has 0 aliphatic carbocycles. The van der Waals surface area contributed by atoms with E-state index in [2.05, 4.69) is 5.10 Å². The van der Waals surface area contributed by atoms with Crippen LogP contribution in [0.25, 0.3) is 0 Å². The van der Waals surface area contributed by atoms with Gasteiger partial charge in [0.15, 0.2) is 0 Å². The van der Waals surface area contributed by atoms with Crippen molar-refractivity contribution in [2.45, 2.75) is 20.0 Å². The molecule has 0 fully saturated rings. The molecule has 0 saturated heterocycles. The molecule has 1 N–H and O–H groups in total. The normalized spacial score (nSPS) is 13.6. The molecule has 104 valence electrons. The van der Waals surface area contributed by atoms with Gasteiger partial charge in [0.05, 0.1) is 12.2 Å². The predicted octanol–water partition coefficient (Wildman–Crippen LogP) is 2.56. The van der Waals surface area contributed by atoms with Crippen molar-refractivity contribution in [3.63, 3.8) is 0 Å². The van der Waals surface area contributed by atoms with Gasteiger partial charge in [-0.25, -0.2) is 9.48 Å². The Kier molecular flexibility index (Phi) is 3.14. The van der Waals surface area contributed by atoms with Crippen LogP contribution in [0.1, 0.15) is 21.6 Å². The van der Waals surface area contributed by atoms with Crippen molar-refractivity contribution in [3.8, 4) is 0 Å². The number of rotatable bonds is 3. The van der Waals surface area contributed by atoms with Gasteiger partial charge in [-0.2, -0.15) is 5.10 Å². The molecule has 3 rings (SSSR count). The summed E-state index contributed by atoms with van der Waals surface area (Å²) in [7, 11) is 0. The minimum absolute atomic E-state index is 0.302. The van der Waals surface area contributed by atoms with E-state index < -0.39 is 5.97 Å². The highest BCUT2D eigenvalue weighted by molar-refractivity contribution is 6.30. The van der Waals surface area contributed by atoms with Crippen LogP contribution in [0.3, 0.4) is 0 Å². The van der Waals surface area contributed by atoms with Crippen molar-refractivity contribution in [2.75, 3.05) is 11.4 Å². The SMILES string of the molecule is Cc1nn2c(c1C(=O)O)N(Cc1ccc(Cl)cc1)CC2. The van der Waals surface area contributed by atoms with E-state index in [1.54, 1.807) is 11.6 Å². The first-order chi connectivity index (χ1) is 9.56. The topological polar surface area (TPSA) is 58.4 Å². The molecule has 0 radical (unpaired) electrons. The number of aryl methyl sites for hydroxylation is 1. The number of aromatic carboxylic acids is 1. The molecular formula is C14H14ClN3O2. The summed E-state index contributed by atoms with van der Waals surface area (Å²) in [5, 5.41) is 14.3. The molecule has 2 aromatic rings. The summed E-state index contributed by atoms with van der Waals surface area (Å²) in [5.74, 6) is -0.225. The zero-order valence-corrected chi connectivity index (χ0v) is 11.8. The van der Waals surface area contributed by atoms with Crippen LogP contribution < -0.4 is 4.90 Å². The Balaban J connectivity index is 1.92. The smallest absolute Gasteiger partial charge is 0.341 e. The van der Waals surface area contributed by atoms with E-state index in [-0.39, 0.29) is 0 Å². The highest BCUT2D eigenvalue weighted by Crippen LogP contribution is 2.29. The van der Waals surface area contributed by atoms with Crippen LogP contribution in [0.2, 0.25) is 5.02 Å². The third kappa shape index (κ3) is 2.14. The third-order valence-corrected chi connectivity index (χ3v) is 3.73. The van der Waals surface area contributed by atoms with E-state index in [9.17, 15) is 9.90 Å². The Morgan fingerprint density at radius 3 is 2.70 bits per heavy atom. The van der Waals surface area contributed by atoms with Gasteiger partial charge in [0, 0.05) is 18.1 Å². The fourth-order valence-corrected chi connectivity index (χ4v) is 2.71. The Hall–Kier alpha value is -2.01. The lowest BCUT2D eigenvalue weighted by Gasteiger charge is -2.18. The molecule has 1 aromatic heterocycles. The van der Waals surface area contributed by atoms with Crippen molar-refractivity contribution in [3.05, 3.63) is 46.1 Å². The first-order valence-corrected chi connectivity index (χ1v) is 6.74. The molecule has 5 nitrogen and oxygen atoms in total. The molecule has 0 spiro atoms. The van der Waals surface area contributed by atoms with Gasteiger partial charge in [-0.15, -0.1) is 0 Å². The highest BCUT2D eigenvalue weighted by atomic mass is 35.5. The number of anilines is 1. The zero-order chi connectivity index (χ0) is 14.3. The van der Waals surface area contributed by atoms with Crippen LogP contribution >= 0.6 is 11.6 Å². The van der Waals surface area contributed by atoms with Gasteiger partial charge in [0.25, 0.3) is 0 Å². The second kappa shape index (κ2) is 4.83. The van der Waals surface area contributed by atoms with Gasteiger partial charge in [-0.1, -0.05) is 23.7 Å². The van der Waals surface area contributed by atoms with Gasteiger partial charge < -0.3 is 10.0 Å². The van der Waals surface area contributed by atoms with Crippen LogP contribution in [-0.4, -0.2) is 27.4 Å². The third-order valence-electron chi connectivity index (χ3n) is 3.48. The van der Waals surface area contributed by atoms with E-state index in [0.717, 1.165) is 18.7 Å². The summed E-state index contributed by atoms with van der Waals surface area (Å²) < 4.78 is 1.77. The molecular weight excluding hydrogens is 278 g/mol. The quantitative estimate of drug-likeness (QED) is 0.944. The standard InChI is InChI=1S/C14H14ClN3O2/c1-9-12(14(19)20)13-17(6-7-18(13)16-9)8-10-2-4-11(15)5-3-10/h2-5H,6-8H2,1H3,(H,19,20). The molecule has 0 atom stereocenters. The number of hydrogen-bond acceptors (Lipinski definition) is 3. The second-order valence-electron chi connectivity index (χ2n) is 4.86. The number of benzene rings is 1. The van der Waals surface area contributed by atoms with Crippen molar-refractivity contribution < 1.29 is 9.90 Å². The van der Waals surface area contributed by atoms with Gasteiger partial charge in [0.2, 0.25) is 0 Å². The number of hydrogen-bond donors (Lipinski definition) is 1. The van der Waals surface area contributed by atoms with Gasteiger partial charge in [0.1, 0.15) is 11.4 Å². The Labute approximate surface area is 121 Å². The van der Waals surface area contributed by atoms with E-state index in [4.69, 9.17) is 11.6 Å². The highest BCUT2D eigenvalue weighted by Gasteiger charge is 2.29. The Morgan fingerprint density at radius 1 is 1.35 bits per heavy atom. The average molecular weight is 292 g/mol. The Morgan fingerprint density at radius 2 is 2.05 bits per heavy atom. The maximum absolute atomic E-state index is 11.4. The maximum atomic E-state index is 11.4. The van der Waals surface area contributed by atoms with Crippen molar-refractivity contribution in [1.82, 2.24) is 9.78 Å². The van der Waals surface area contributed by atoms with Crippen LogP contribution in [0, 0.1) is 6.92 Å². The number of nitrogens with zero attached hydrogens (tertiary/aromatic N) is 3. The molecule has 2 heterocycles. The van der Waals surface area contributed by atoms with E-state index in [1.165, 1.54) is 0 Å². The van der Waals surface area contributed by atoms with Gasteiger partial charge >= 0.3 is 5.97 Å². The van der Waals surface area contributed by atoms with Gasteiger partial charge in [-0.05, 0) is 24.6 Å². The number of halogens is 1. The number of carbonyl (C=O) groups is 1. The van der Waals surface area contributed by atoms with E-state index in [0.29, 0.717) is 28.6 Å². The van der Waals surface area contributed by atoms with E-state index in [1.807, 2.05) is 29.2 Å². The molecule has 1 aliphatic rings. The first-order valence-electron chi connectivity index (χ1n) is 6.36. The average Bonchev–Trinajstić information content (AvgIpc) is 2.91. The zero-order valence-electron chi connectivity index (χ0n) is 11.0. The van der Waals surface area contributed by atoms with Crippen LogP contribution in [0.5, 0.6) is 0 Å². The number of aromatic nitrogens is 2. The summed E-state index contributed by atoms with van der Waals surface area (Å²) in [6, 6.07) is 7.59. The monoisotopic (exact) mass is 291 g/mol. The molecule has 1 aromatic carbocycles. The maximum Gasteiger partial charge on any atom is 0.341 e. The molecule has 20 heavy (non-hydrogen) atoms.